The molecule has 1 heterocycles. The second kappa shape index (κ2) is 4.97. The summed E-state index contributed by atoms with van der Waals surface area (Å²) >= 11 is 5.59. The molecular formula is C14H24N2OS. The number of nitrogens with one attached hydrogen (secondary N) is 1. The lowest BCUT2D eigenvalue weighted by Gasteiger charge is -2.38. The minimum absolute atomic E-state index is 0.286. The molecule has 3 rings (SSSR count). The van der Waals surface area contributed by atoms with Crippen molar-refractivity contribution in [2.75, 3.05) is 13.1 Å². The van der Waals surface area contributed by atoms with E-state index in [9.17, 15) is 0 Å². The molecule has 0 aromatic heterocycles. The van der Waals surface area contributed by atoms with Crippen molar-refractivity contribution < 1.29 is 4.74 Å². The molecule has 0 amide bonds. The Morgan fingerprint density at radius 3 is 2.44 bits per heavy atom. The molecule has 0 aromatic carbocycles. The smallest absolute Gasteiger partial charge is 0.169 e. The number of morpholine rings is 1. The Hall–Kier alpha value is -0.350. The molecule has 1 aliphatic heterocycles. The van der Waals surface area contributed by atoms with Gasteiger partial charge in [0.05, 0.1) is 12.2 Å². The van der Waals surface area contributed by atoms with Crippen LogP contribution in [0.25, 0.3) is 0 Å². The molecule has 4 heteroatoms. The summed E-state index contributed by atoms with van der Waals surface area (Å²) in [5.74, 6) is 1.85. The first-order chi connectivity index (χ1) is 8.61. The maximum absolute atomic E-state index is 5.76. The molecule has 2 aliphatic carbocycles. The lowest BCUT2D eigenvalue weighted by Crippen LogP contribution is -2.54. The van der Waals surface area contributed by atoms with Crippen molar-refractivity contribution in [2.24, 2.45) is 11.8 Å². The molecule has 2 bridgehead atoms. The van der Waals surface area contributed by atoms with Crippen molar-refractivity contribution in [1.82, 2.24) is 10.2 Å². The predicted molar refractivity (Wildman–Crippen MR) is 76.6 cm³/mol. The molecule has 5 atom stereocenters. The molecular weight excluding hydrogens is 244 g/mol. The molecule has 18 heavy (non-hydrogen) atoms. The highest BCUT2D eigenvalue weighted by molar-refractivity contribution is 7.80. The van der Waals surface area contributed by atoms with Gasteiger partial charge in [-0.15, -0.1) is 0 Å². The van der Waals surface area contributed by atoms with E-state index in [0.29, 0.717) is 6.04 Å². The fourth-order valence-corrected chi connectivity index (χ4v) is 4.32. The number of rotatable bonds is 1. The van der Waals surface area contributed by atoms with Crippen LogP contribution in [0.3, 0.4) is 0 Å². The fraction of sp³-hybridized carbons (Fsp3) is 0.929. The van der Waals surface area contributed by atoms with Crippen LogP contribution >= 0.6 is 12.2 Å². The van der Waals surface area contributed by atoms with Gasteiger partial charge in [0, 0.05) is 19.1 Å². The maximum atomic E-state index is 5.76. The fourth-order valence-electron chi connectivity index (χ4n) is 4.02. The number of hydrogen-bond donors (Lipinski definition) is 1. The van der Waals surface area contributed by atoms with Crippen LogP contribution in [0.2, 0.25) is 0 Å². The van der Waals surface area contributed by atoms with Gasteiger partial charge in [0.15, 0.2) is 5.11 Å². The van der Waals surface area contributed by atoms with Gasteiger partial charge in [0.25, 0.3) is 0 Å². The molecule has 0 unspecified atom stereocenters. The zero-order valence-corrected chi connectivity index (χ0v) is 12.2. The van der Waals surface area contributed by atoms with Gasteiger partial charge in [-0.25, -0.2) is 0 Å². The van der Waals surface area contributed by atoms with Gasteiger partial charge in [-0.2, -0.15) is 0 Å². The minimum Gasteiger partial charge on any atom is -0.372 e. The van der Waals surface area contributed by atoms with E-state index in [1.54, 1.807) is 0 Å². The van der Waals surface area contributed by atoms with Gasteiger partial charge >= 0.3 is 0 Å². The van der Waals surface area contributed by atoms with Gasteiger partial charge in [-0.3, -0.25) is 0 Å². The second-order valence-electron chi connectivity index (χ2n) is 6.39. The molecule has 2 saturated carbocycles. The molecule has 102 valence electrons. The summed E-state index contributed by atoms with van der Waals surface area (Å²) in [6.45, 7) is 6.11. The van der Waals surface area contributed by atoms with Crippen LogP contribution in [-0.4, -0.2) is 41.4 Å². The van der Waals surface area contributed by atoms with Crippen molar-refractivity contribution in [1.29, 1.82) is 0 Å². The Morgan fingerprint density at radius 2 is 1.89 bits per heavy atom. The molecule has 0 radical (unpaired) electrons. The molecule has 3 nitrogen and oxygen atoms in total. The lowest BCUT2D eigenvalue weighted by molar-refractivity contribution is -0.0484. The van der Waals surface area contributed by atoms with Crippen LogP contribution in [0.5, 0.6) is 0 Å². The Morgan fingerprint density at radius 1 is 1.17 bits per heavy atom. The first-order valence-corrected chi connectivity index (χ1v) is 7.73. The van der Waals surface area contributed by atoms with Crippen molar-refractivity contribution in [3.63, 3.8) is 0 Å². The highest BCUT2D eigenvalue weighted by Crippen LogP contribution is 2.44. The van der Waals surface area contributed by atoms with E-state index in [-0.39, 0.29) is 12.2 Å². The summed E-state index contributed by atoms with van der Waals surface area (Å²) in [7, 11) is 0. The van der Waals surface area contributed by atoms with E-state index in [4.69, 9.17) is 17.0 Å². The second-order valence-corrected chi connectivity index (χ2v) is 6.78. The van der Waals surface area contributed by atoms with E-state index in [0.717, 1.165) is 30.0 Å². The highest BCUT2D eigenvalue weighted by Gasteiger charge is 2.40. The summed E-state index contributed by atoms with van der Waals surface area (Å²) in [4.78, 5) is 2.29. The van der Waals surface area contributed by atoms with Crippen LogP contribution < -0.4 is 5.32 Å². The predicted octanol–water partition coefficient (Wildman–Crippen LogP) is 2.16. The third kappa shape index (κ3) is 2.50. The van der Waals surface area contributed by atoms with Crippen molar-refractivity contribution in [3.8, 4) is 0 Å². The summed E-state index contributed by atoms with van der Waals surface area (Å²) in [5, 5.41) is 4.58. The number of fused-ring (bicyclic) bond motifs is 2. The quantitative estimate of drug-likeness (QED) is 0.737. The summed E-state index contributed by atoms with van der Waals surface area (Å²) in [5.41, 5.74) is 0. The van der Waals surface area contributed by atoms with Crippen LogP contribution in [0.4, 0.5) is 0 Å². The highest BCUT2D eigenvalue weighted by atomic mass is 32.1. The van der Waals surface area contributed by atoms with Crippen LogP contribution in [0, 0.1) is 11.8 Å². The van der Waals surface area contributed by atoms with Gasteiger partial charge in [0.2, 0.25) is 0 Å². The number of nitrogens with zero attached hydrogens (tertiary/aromatic N) is 1. The minimum atomic E-state index is 0.286. The van der Waals surface area contributed by atoms with Crippen LogP contribution in [-0.2, 0) is 4.74 Å². The summed E-state index contributed by atoms with van der Waals surface area (Å²) in [6.07, 6.45) is 6.18. The Kier molecular flexibility index (Phi) is 3.50. The van der Waals surface area contributed by atoms with Crippen LogP contribution in [0.15, 0.2) is 0 Å². The topological polar surface area (TPSA) is 24.5 Å². The first kappa shape index (κ1) is 12.7. The third-order valence-electron chi connectivity index (χ3n) is 4.75. The Balaban J connectivity index is 1.55. The first-order valence-electron chi connectivity index (χ1n) is 7.32. The van der Waals surface area contributed by atoms with Crippen molar-refractivity contribution >= 4 is 17.3 Å². The molecule has 1 N–H and O–H groups in total. The van der Waals surface area contributed by atoms with E-state index < -0.39 is 0 Å². The third-order valence-corrected chi connectivity index (χ3v) is 5.13. The van der Waals surface area contributed by atoms with Crippen LogP contribution in [0.1, 0.15) is 39.5 Å². The lowest BCUT2D eigenvalue weighted by atomic mass is 9.95. The van der Waals surface area contributed by atoms with E-state index in [1.165, 1.54) is 25.7 Å². The van der Waals surface area contributed by atoms with Gasteiger partial charge in [-0.05, 0) is 57.2 Å². The van der Waals surface area contributed by atoms with Crippen molar-refractivity contribution in [3.05, 3.63) is 0 Å². The Bertz CT molecular complexity index is 326. The zero-order chi connectivity index (χ0) is 12.7. The average molecular weight is 268 g/mol. The number of thiocarbonyl (C=S) groups is 1. The van der Waals surface area contributed by atoms with E-state index >= 15 is 0 Å². The zero-order valence-electron chi connectivity index (χ0n) is 11.4. The molecule has 0 aromatic rings. The van der Waals surface area contributed by atoms with Gasteiger partial charge < -0.3 is 15.0 Å². The standard InChI is InChI=1S/C14H24N2OS/c1-9-7-16(8-10(2)17-9)14(18)15-13-6-11-3-4-12(13)5-11/h9-13H,3-8H2,1-2H3,(H,15,18)/t9-,10-,11-,12-,13+/m1/s1. The molecule has 3 aliphatic rings. The van der Waals surface area contributed by atoms with E-state index in [1.807, 2.05) is 0 Å². The molecule has 3 fully saturated rings. The molecule has 0 spiro atoms. The maximum Gasteiger partial charge on any atom is 0.169 e. The van der Waals surface area contributed by atoms with E-state index in [2.05, 4.69) is 24.1 Å². The van der Waals surface area contributed by atoms with Crippen molar-refractivity contribution in [2.45, 2.75) is 57.8 Å². The normalized spacial score (nSPS) is 43.2. The SMILES string of the molecule is C[C@@H]1CN(C(=S)N[C@H]2C[C@@H]3CC[C@@H]2C3)C[C@@H](C)O1. The summed E-state index contributed by atoms with van der Waals surface area (Å²) < 4.78 is 5.76. The number of hydrogen-bond acceptors (Lipinski definition) is 2. The van der Waals surface area contributed by atoms with Gasteiger partial charge in [-0.1, -0.05) is 6.42 Å². The number of ether oxygens (including phenoxy) is 1. The molecule has 1 saturated heterocycles. The monoisotopic (exact) mass is 268 g/mol. The Labute approximate surface area is 115 Å². The summed E-state index contributed by atoms with van der Waals surface area (Å²) in [6, 6.07) is 0.643. The van der Waals surface area contributed by atoms with Gasteiger partial charge in [0.1, 0.15) is 0 Å². The largest absolute Gasteiger partial charge is 0.372 e. The average Bonchev–Trinajstić information content (AvgIpc) is 2.89.